The van der Waals surface area contributed by atoms with Gasteiger partial charge >= 0.3 is 0 Å². The maximum atomic E-state index is 4.10. The number of hydrogen-bond acceptors (Lipinski definition) is 4. The number of benzene rings is 1. The Bertz CT molecular complexity index is 633. The van der Waals surface area contributed by atoms with Gasteiger partial charge in [0.1, 0.15) is 12.2 Å². The van der Waals surface area contributed by atoms with Gasteiger partial charge in [0, 0.05) is 24.3 Å². The zero-order valence-corrected chi connectivity index (χ0v) is 9.80. The van der Waals surface area contributed by atoms with Gasteiger partial charge in [-0.3, -0.25) is 10.1 Å². The van der Waals surface area contributed by atoms with Crippen LogP contribution in [0.1, 0.15) is 11.4 Å². The fourth-order valence-corrected chi connectivity index (χ4v) is 1.88. The van der Waals surface area contributed by atoms with E-state index in [1.54, 1.807) is 0 Å². The largest absolute Gasteiger partial charge is 0.306 e. The molecule has 3 rings (SSSR count). The van der Waals surface area contributed by atoms with Crippen LogP contribution in [0.2, 0.25) is 0 Å². The van der Waals surface area contributed by atoms with Gasteiger partial charge in [-0.05, 0) is 23.1 Å². The Morgan fingerprint density at radius 2 is 2.11 bits per heavy atom. The molecule has 0 amide bonds. The summed E-state index contributed by atoms with van der Waals surface area (Å²) < 4.78 is 0. The van der Waals surface area contributed by atoms with Gasteiger partial charge in [-0.1, -0.05) is 12.1 Å². The lowest BCUT2D eigenvalue weighted by Crippen LogP contribution is -2.13. The van der Waals surface area contributed by atoms with Gasteiger partial charge < -0.3 is 5.32 Å². The van der Waals surface area contributed by atoms with Crippen molar-refractivity contribution < 1.29 is 0 Å². The van der Waals surface area contributed by atoms with Crippen LogP contribution in [0.4, 0.5) is 0 Å². The summed E-state index contributed by atoms with van der Waals surface area (Å²) in [5.74, 6) is 0.847. The number of pyridine rings is 1. The number of nitrogens with zero attached hydrogens (tertiary/aromatic N) is 3. The normalized spacial score (nSPS) is 10.9. The maximum Gasteiger partial charge on any atom is 0.138 e. The van der Waals surface area contributed by atoms with Crippen molar-refractivity contribution in [2.45, 2.75) is 13.1 Å². The van der Waals surface area contributed by atoms with Crippen LogP contribution in [0.15, 0.2) is 43.0 Å². The average Bonchev–Trinajstić information content (AvgIpc) is 2.92. The monoisotopic (exact) mass is 239 g/mol. The topological polar surface area (TPSA) is 66.5 Å². The van der Waals surface area contributed by atoms with Crippen molar-refractivity contribution in [1.82, 2.24) is 25.5 Å². The molecule has 5 heteroatoms. The van der Waals surface area contributed by atoms with Gasteiger partial charge in [-0.2, -0.15) is 5.10 Å². The summed E-state index contributed by atoms with van der Waals surface area (Å²) in [6.45, 7) is 1.49. The van der Waals surface area contributed by atoms with Gasteiger partial charge in [-0.25, -0.2) is 4.98 Å². The number of H-pyrrole nitrogens is 1. The lowest BCUT2D eigenvalue weighted by molar-refractivity contribution is 0.665. The second-order valence-electron chi connectivity index (χ2n) is 4.09. The molecule has 0 saturated heterocycles. The molecule has 0 aliphatic carbocycles. The Kier molecular flexibility index (Phi) is 2.97. The molecule has 0 spiro atoms. The highest BCUT2D eigenvalue weighted by molar-refractivity contribution is 5.81. The summed E-state index contributed by atoms with van der Waals surface area (Å²) >= 11 is 0. The number of rotatable bonds is 4. The zero-order chi connectivity index (χ0) is 12.2. The second-order valence-corrected chi connectivity index (χ2v) is 4.09. The van der Waals surface area contributed by atoms with Crippen LogP contribution in [0.25, 0.3) is 10.8 Å². The number of fused-ring (bicyclic) bond motifs is 1. The van der Waals surface area contributed by atoms with Crippen molar-refractivity contribution in [3.63, 3.8) is 0 Å². The van der Waals surface area contributed by atoms with E-state index in [1.807, 2.05) is 18.5 Å². The molecule has 0 radical (unpaired) electrons. The van der Waals surface area contributed by atoms with Crippen molar-refractivity contribution in [2.75, 3.05) is 0 Å². The third-order valence-corrected chi connectivity index (χ3v) is 2.79. The first kappa shape index (κ1) is 10.9. The van der Waals surface area contributed by atoms with E-state index in [1.165, 1.54) is 17.3 Å². The highest BCUT2D eigenvalue weighted by atomic mass is 15.2. The van der Waals surface area contributed by atoms with E-state index in [0.717, 1.165) is 17.8 Å². The fourth-order valence-electron chi connectivity index (χ4n) is 1.88. The molecule has 0 unspecified atom stereocenters. The van der Waals surface area contributed by atoms with Crippen LogP contribution in [-0.2, 0) is 13.1 Å². The molecule has 0 aliphatic heterocycles. The molecule has 2 aromatic heterocycles. The van der Waals surface area contributed by atoms with Crippen LogP contribution in [-0.4, -0.2) is 20.2 Å². The fraction of sp³-hybridized carbons (Fsp3) is 0.154. The maximum absolute atomic E-state index is 4.10. The van der Waals surface area contributed by atoms with Crippen LogP contribution in [0.5, 0.6) is 0 Å². The van der Waals surface area contributed by atoms with Crippen molar-refractivity contribution in [2.24, 2.45) is 0 Å². The van der Waals surface area contributed by atoms with Crippen molar-refractivity contribution in [1.29, 1.82) is 0 Å². The molecule has 90 valence electrons. The number of aromatic nitrogens is 4. The lowest BCUT2D eigenvalue weighted by atomic mass is 10.1. The molecule has 2 heterocycles. The predicted molar refractivity (Wildman–Crippen MR) is 68.7 cm³/mol. The first-order valence-corrected chi connectivity index (χ1v) is 5.79. The third-order valence-electron chi connectivity index (χ3n) is 2.79. The lowest BCUT2D eigenvalue weighted by Gasteiger charge is -2.04. The second kappa shape index (κ2) is 4.93. The molecular formula is C13H13N5. The highest BCUT2D eigenvalue weighted by Gasteiger charge is 1.98. The Hall–Kier alpha value is -2.27. The minimum atomic E-state index is 0.689. The average molecular weight is 239 g/mol. The third kappa shape index (κ3) is 2.36. The van der Waals surface area contributed by atoms with Gasteiger partial charge in [-0.15, -0.1) is 0 Å². The van der Waals surface area contributed by atoms with Crippen LogP contribution in [0.3, 0.4) is 0 Å². The predicted octanol–water partition coefficient (Wildman–Crippen LogP) is 1.64. The smallest absolute Gasteiger partial charge is 0.138 e. The van der Waals surface area contributed by atoms with E-state index >= 15 is 0 Å². The molecule has 1 aromatic carbocycles. The van der Waals surface area contributed by atoms with Crippen molar-refractivity contribution in [3.8, 4) is 0 Å². The Labute approximate surface area is 104 Å². The first-order chi connectivity index (χ1) is 8.92. The van der Waals surface area contributed by atoms with E-state index in [0.29, 0.717) is 6.54 Å². The molecule has 0 fully saturated rings. The molecule has 0 aliphatic rings. The van der Waals surface area contributed by atoms with Gasteiger partial charge in [0.05, 0.1) is 6.54 Å². The van der Waals surface area contributed by atoms with Gasteiger partial charge in [0.15, 0.2) is 0 Å². The minimum Gasteiger partial charge on any atom is -0.306 e. The van der Waals surface area contributed by atoms with Gasteiger partial charge in [0.25, 0.3) is 0 Å². The Morgan fingerprint density at radius 1 is 1.11 bits per heavy atom. The summed E-state index contributed by atoms with van der Waals surface area (Å²) in [6, 6.07) is 8.39. The summed E-state index contributed by atoms with van der Waals surface area (Å²) in [6.07, 6.45) is 5.20. The molecule has 0 atom stereocenters. The van der Waals surface area contributed by atoms with E-state index in [2.05, 4.69) is 43.7 Å². The highest BCUT2D eigenvalue weighted by Crippen LogP contribution is 2.14. The van der Waals surface area contributed by atoms with Crippen LogP contribution < -0.4 is 5.32 Å². The molecule has 0 saturated carbocycles. The molecular weight excluding hydrogens is 226 g/mol. The number of nitrogens with one attached hydrogen (secondary N) is 2. The summed E-state index contributed by atoms with van der Waals surface area (Å²) in [5.41, 5.74) is 1.24. The summed E-state index contributed by atoms with van der Waals surface area (Å²) in [4.78, 5) is 8.16. The van der Waals surface area contributed by atoms with Gasteiger partial charge in [0.2, 0.25) is 0 Å². The Morgan fingerprint density at radius 3 is 3.00 bits per heavy atom. The molecule has 5 nitrogen and oxygen atoms in total. The number of aromatic amines is 1. The van der Waals surface area contributed by atoms with Crippen molar-refractivity contribution >= 4 is 10.8 Å². The SMILES string of the molecule is c1cc2cc(CNCc3ncn[nH]3)ccc2cn1. The van der Waals surface area contributed by atoms with E-state index in [-0.39, 0.29) is 0 Å². The molecule has 18 heavy (non-hydrogen) atoms. The summed E-state index contributed by atoms with van der Waals surface area (Å²) in [5, 5.41) is 12.3. The van der Waals surface area contributed by atoms with E-state index in [4.69, 9.17) is 0 Å². The molecule has 3 aromatic rings. The molecule has 2 N–H and O–H groups in total. The molecule has 0 bridgehead atoms. The number of hydrogen-bond donors (Lipinski definition) is 2. The van der Waals surface area contributed by atoms with Crippen molar-refractivity contribution in [3.05, 3.63) is 54.4 Å². The standard InChI is InChI=1S/C13H13N5/c1-2-12-7-14-4-3-11(12)5-10(1)6-15-8-13-16-9-17-18-13/h1-5,7,9,15H,6,8H2,(H,16,17,18). The summed E-state index contributed by atoms with van der Waals surface area (Å²) in [7, 11) is 0. The first-order valence-electron chi connectivity index (χ1n) is 5.79. The van der Waals surface area contributed by atoms with E-state index < -0.39 is 0 Å². The quantitative estimate of drug-likeness (QED) is 0.726. The zero-order valence-electron chi connectivity index (χ0n) is 9.80. The Balaban J connectivity index is 1.67. The van der Waals surface area contributed by atoms with E-state index in [9.17, 15) is 0 Å². The van der Waals surface area contributed by atoms with Crippen LogP contribution in [0, 0.1) is 0 Å². The van der Waals surface area contributed by atoms with Crippen LogP contribution >= 0.6 is 0 Å². The minimum absolute atomic E-state index is 0.689.